The van der Waals surface area contributed by atoms with Gasteiger partial charge < -0.3 is 0 Å². The van der Waals surface area contributed by atoms with Crippen LogP contribution in [0.2, 0.25) is 0 Å². The Labute approximate surface area is 103 Å². The minimum absolute atomic E-state index is 0.697. The molecule has 1 aromatic carbocycles. The second kappa shape index (κ2) is 4.00. The standard InChI is InChI=1S/C14H8N2S/c15-9-10-4-5-13-11(7-10)8-14(17-13)12-3-1-2-6-16-12/h1-8H. The van der Waals surface area contributed by atoms with Crippen LogP contribution in [0.25, 0.3) is 20.7 Å². The maximum Gasteiger partial charge on any atom is 0.0991 e. The fourth-order valence-electron chi connectivity index (χ4n) is 1.75. The van der Waals surface area contributed by atoms with E-state index in [1.54, 1.807) is 17.5 Å². The number of nitriles is 1. The number of pyridine rings is 1. The molecule has 0 atom stereocenters. The molecule has 0 saturated heterocycles. The summed E-state index contributed by atoms with van der Waals surface area (Å²) in [6.07, 6.45) is 1.79. The van der Waals surface area contributed by atoms with E-state index >= 15 is 0 Å². The Bertz CT molecular complexity index is 708. The second-order valence-electron chi connectivity index (χ2n) is 3.69. The van der Waals surface area contributed by atoms with E-state index in [1.165, 1.54) is 4.70 Å². The molecule has 2 aromatic heterocycles. The molecule has 80 valence electrons. The molecule has 0 radical (unpaired) electrons. The molecule has 0 aliphatic rings. The molecular formula is C14H8N2S. The Morgan fingerprint density at radius 3 is 2.82 bits per heavy atom. The highest BCUT2D eigenvalue weighted by atomic mass is 32.1. The normalized spacial score (nSPS) is 10.3. The number of hydrogen-bond donors (Lipinski definition) is 0. The van der Waals surface area contributed by atoms with Gasteiger partial charge in [0.1, 0.15) is 0 Å². The molecular weight excluding hydrogens is 228 g/mol. The third-order valence-electron chi connectivity index (χ3n) is 2.56. The van der Waals surface area contributed by atoms with Crippen molar-refractivity contribution in [1.82, 2.24) is 4.98 Å². The molecule has 0 unspecified atom stereocenters. The molecule has 3 rings (SSSR count). The molecule has 0 spiro atoms. The van der Waals surface area contributed by atoms with Gasteiger partial charge in [0.25, 0.3) is 0 Å². The van der Waals surface area contributed by atoms with Crippen molar-refractivity contribution in [2.45, 2.75) is 0 Å². The van der Waals surface area contributed by atoms with Crippen LogP contribution in [0.5, 0.6) is 0 Å². The van der Waals surface area contributed by atoms with Gasteiger partial charge in [0.15, 0.2) is 0 Å². The molecule has 0 saturated carbocycles. The molecule has 3 heteroatoms. The van der Waals surface area contributed by atoms with Gasteiger partial charge in [-0.3, -0.25) is 4.98 Å². The van der Waals surface area contributed by atoms with Crippen molar-refractivity contribution in [3.05, 3.63) is 54.2 Å². The molecule has 2 nitrogen and oxygen atoms in total. The zero-order valence-electron chi connectivity index (χ0n) is 8.92. The van der Waals surface area contributed by atoms with Gasteiger partial charge in [0.05, 0.1) is 22.2 Å². The number of nitrogens with zero attached hydrogens (tertiary/aromatic N) is 2. The van der Waals surface area contributed by atoms with Crippen molar-refractivity contribution < 1.29 is 0 Å². The van der Waals surface area contributed by atoms with E-state index in [-0.39, 0.29) is 0 Å². The first-order chi connectivity index (χ1) is 8.36. The summed E-state index contributed by atoms with van der Waals surface area (Å²) < 4.78 is 1.18. The van der Waals surface area contributed by atoms with Crippen molar-refractivity contribution in [2.75, 3.05) is 0 Å². The fourth-order valence-corrected chi connectivity index (χ4v) is 2.77. The van der Waals surface area contributed by atoms with E-state index in [0.29, 0.717) is 5.56 Å². The maximum absolute atomic E-state index is 8.86. The summed E-state index contributed by atoms with van der Waals surface area (Å²) in [7, 11) is 0. The largest absolute Gasteiger partial charge is 0.255 e. The highest BCUT2D eigenvalue weighted by molar-refractivity contribution is 7.22. The summed E-state index contributed by atoms with van der Waals surface area (Å²) in [5.41, 5.74) is 1.68. The lowest BCUT2D eigenvalue weighted by Crippen LogP contribution is -1.75. The van der Waals surface area contributed by atoms with Crippen molar-refractivity contribution in [2.24, 2.45) is 0 Å². The lowest BCUT2D eigenvalue weighted by atomic mass is 10.2. The number of benzene rings is 1. The molecule has 17 heavy (non-hydrogen) atoms. The summed E-state index contributed by atoms with van der Waals surface area (Å²) in [6, 6.07) is 15.9. The van der Waals surface area contributed by atoms with Crippen LogP contribution in [-0.4, -0.2) is 4.98 Å². The van der Waals surface area contributed by atoms with E-state index in [4.69, 9.17) is 5.26 Å². The lowest BCUT2D eigenvalue weighted by Gasteiger charge is -1.92. The SMILES string of the molecule is N#Cc1ccc2sc(-c3ccccn3)cc2c1. The zero-order chi connectivity index (χ0) is 11.7. The monoisotopic (exact) mass is 236 g/mol. The molecule has 0 amide bonds. The van der Waals surface area contributed by atoms with Gasteiger partial charge in [-0.05, 0) is 41.8 Å². The van der Waals surface area contributed by atoms with Crippen LogP contribution in [0.1, 0.15) is 5.56 Å². The predicted molar refractivity (Wildman–Crippen MR) is 69.8 cm³/mol. The van der Waals surface area contributed by atoms with Gasteiger partial charge in [-0.2, -0.15) is 5.26 Å². The number of hydrogen-bond acceptors (Lipinski definition) is 3. The minimum atomic E-state index is 0.697. The first-order valence-electron chi connectivity index (χ1n) is 5.22. The van der Waals surface area contributed by atoms with E-state index in [0.717, 1.165) is 16.0 Å². The quantitative estimate of drug-likeness (QED) is 0.643. The van der Waals surface area contributed by atoms with Crippen molar-refractivity contribution >= 4 is 21.4 Å². The number of aromatic nitrogens is 1. The van der Waals surface area contributed by atoms with Crippen molar-refractivity contribution in [1.29, 1.82) is 5.26 Å². The molecule has 0 bridgehead atoms. The lowest BCUT2D eigenvalue weighted by molar-refractivity contribution is 1.34. The molecule has 2 heterocycles. The van der Waals surface area contributed by atoms with E-state index < -0.39 is 0 Å². The minimum Gasteiger partial charge on any atom is -0.255 e. The molecule has 0 aliphatic heterocycles. The van der Waals surface area contributed by atoms with Crippen LogP contribution in [0.3, 0.4) is 0 Å². The van der Waals surface area contributed by atoms with Gasteiger partial charge in [-0.15, -0.1) is 11.3 Å². The van der Waals surface area contributed by atoms with Crippen LogP contribution in [0.15, 0.2) is 48.7 Å². The third kappa shape index (κ3) is 1.79. The summed E-state index contributed by atoms with van der Waals surface area (Å²) in [5, 5.41) is 9.97. The van der Waals surface area contributed by atoms with Gasteiger partial charge in [-0.25, -0.2) is 0 Å². The number of thiophene rings is 1. The number of fused-ring (bicyclic) bond motifs is 1. The molecule has 0 N–H and O–H groups in total. The molecule has 0 aliphatic carbocycles. The molecule has 0 fully saturated rings. The Kier molecular flexibility index (Phi) is 2.36. The van der Waals surface area contributed by atoms with Crippen LogP contribution in [0.4, 0.5) is 0 Å². The average molecular weight is 236 g/mol. The van der Waals surface area contributed by atoms with Gasteiger partial charge in [-0.1, -0.05) is 6.07 Å². The maximum atomic E-state index is 8.86. The Morgan fingerprint density at radius 1 is 1.12 bits per heavy atom. The summed E-state index contributed by atoms with van der Waals surface area (Å²) in [5.74, 6) is 0. The molecule has 3 aromatic rings. The first kappa shape index (κ1) is 10.0. The second-order valence-corrected chi connectivity index (χ2v) is 4.77. The van der Waals surface area contributed by atoms with Crippen LogP contribution >= 0.6 is 11.3 Å². The van der Waals surface area contributed by atoms with E-state index in [1.807, 2.05) is 36.4 Å². The summed E-state index contributed by atoms with van der Waals surface area (Å²) in [6.45, 7) is 0. The third-order valence-corrected chi connectivity index (χ3v) is 3.70. The van der Waals surface area contributed by atoms with E-state index in [2.05, 4.69) is 17.1 Å². The van der Waals surface area contributed by atoms with Gasteiger partial charge in [0, 0.05) is 10.9 Å². The summed E-state index contributed by atoms with van der Waals surface area (Å²) in [4.78, 5) is 5.47. The Balaban J connectivity index is 2.18. The van der Waals surface area contributed by atoms with Crippen LogP contribution in [0, 0.1) is 11.3 Å². The predicted octanol–water partition coefficient (Wildman–Crippen LogP) is 3.83. The smallest absolute Gasteiger partial charge is 0.0991 e. The van der Waals surface area contributed by atoms with Crippen molar-refractivity contribution in [3.8, 4) is 16.6 Å². The zero-order valence-corrected chi connectivity index (χ0v) is 9.74. The topological polar surface area (TPSA) is 36.7 Å². The Hall–Kier alpha value is -2.18. The van der Waals surface area contributed by atoms with Gasteiger partial charge >= 0.3 is 0 Å². The first-order valence-corrected chi connectivity index (χ1v) is 6.03. The summed E-state index contributed by atoms with van der Waals surface area (Å²) >= 11 is 1.70. The highest BCUT2D eigenvalue weighted by Crippen LogP contribution is 2.32. The van der Waals surface area contributed by atoms with Crippen LogP contribution in [-0.2, 0) is 0 Å². The fraction of sp³-hybridized carbons (Fsp3) is 0. The highest BCUT2D eigenvalue weighted by Gasteiger charge is 2.05. The van der Waals surface area contributed by atoms with Gasteiger partial charge in [0.2, 0.25) is 0 Å². The average Bonchev–Trinajstić information content (AvgIpc) is 2.82. The Morgan fingerprint density at radius 2 is 2.06 bits per heavy atom. The van der Waals surface area contributed by atoms with Crippen LogP contribution < -0.4 is 0 Å². The number of rotatable bonds is 1. The van der Waals surface area contributed by atoms with E-state index in [9.17, 15) is 0 Å². The van der Waals surface area contributed by atoms with Crippen molar-refractivity contribution in [3.63, 3.8) is 0 Å².